The van der Waals surface area contributed by atoms with E-state index in [1.165, 1.54) is 35.4 Å². The van der Waals surface area contributed by atoms with E-state index < -0.39 is 0 Å². The summed E-state index contributed by atoms with van der Waals surface area (Å²) in [4.78, 5) is 18.7. The summed E-state index contributed by atoms with van der Waals surface area (Å²) in [7, 11) is 0. The molecular weight excluding hydrogens is 305 g/mol. The zero-order chi connectivity index (χ0) is 16.9. The molecule has 0 saturated heterocycles. The van der Waals surface area contributed by atoms with E-state index in [2.05, 4.69) is 34.3 Å². The van der Waals surface area contributed by atoms with Crippen molar-refractivity contribution in [2.75, 3.05) is 19.8 Å². The molecule has 0 unspecified atom stereocenters. The topological polar surface area (TPSA) is 45.2 Å². The van der Waals surface area contributed by atoms with Gasteiger partial charge in [-0.3, -0.25) is 14.7 Å². The first-order valence-corrected chi connectivity index (χ1v) is 8.00. The number of aryl methyl sites for hydroxylation is 1. The molecule has 24 heavy (non-hydrogen) atoms. The molecular formula is C19H20FN3O. The van der Waals surface area contributed by atoms with Crippen LogP contribution in [0.5, 0.6) is 0 Å². The van der Waals surface area contributed by atoms with E-state index in [4.69, 9.17) is 0 Å². The number of carbonyl (C=O) groups excluding carboxylic acids is 1. The predicted molar refractivity (Wildman–Crippen MR) is 91.9 cm³/mol. The Balaban J connectivity index is 1.54. The molecule has 1 aliphatic heterocycles. The molecule has 5 heteroatoms. The van der Waals surface area contributed by atoms with Gasteiger partial charge in [-0.15, -0.1) is 0 Å². The number of pyridine rings is 1. The van der Waals surface area contributed by atoms with Gasteiger partial charge < -0.3 is 5.32 Å². The van der Waals surface area contributed by atoms with Crippen molar-refractivity contribution in [2.24, 2.45) is 0 Å². The van der Waals surface area contributed by atoms with E-state index in [0.717, 1.165) is 25.2 Å². The molecule has 0 atom stereocenters. The second-order valence-electron chi connectivity index (χ2n) is 5.90. The smallest absolute Gasteiger partial charge is 0.252 e. The number of aromatic nitrogens is 1. The molecule has 0 aliphatic carbocycles. The van der Waals surface area contributed by atoms with E-state index in [1.807, 2.05) is 12.3 Å². The van der Waals surface area contributed by atoms with Crippen LogP contribution >= 0.6 is 0 Å². The van der Waals surface area contributed by atoms with Gasteiger partial charge in [0.15, 0.2) is 0 Å². The van der Waals surface area contributed by atoms with Crippen LogP contribution < -0.4 is 5.32 Å². The molecule has 3 rings (SSSR count). The average molecular weight is 325 g/mol. The minimum absolute atomic E-state index is 0.189. The maximum atomic E-state index is 12.9. The summed E-state index contributed by atoms with van der Waals surface area (Å²) >= 11 is 0. The zero-order valence-corrected chi connectivity index (χ0v) is 13.6. The van der Waals surface area contributed by atoms with Crippen molar-refractivity contribution >= 4 is 11.5 Å². The first kappa shape index (κ1) is 16.3. The number of benzene rings is 1. The van der Waals surface area contributed by atoms with Gasteiger partial charge in [-0.05, 0) is 54.8 Å². The molecule has 4 nitrogen and oxygen atoms in total. The van der Waals surface area contributed by atoms with E-state index in [1.54, 1.807) is 0 Å². The largest absolute Gasteiger partial charge is 0.339 e. The Morgan fingerprint density at radius 1 is 1.29 bits per heavy atom. The molecule has 0 saturated carbocycles. The third-order valence-electron chi connectivity index (χ3n) is 4.18. The van der Waals surface area contributed by atoms with Crippen LogP contribution in [0.4, 0.5) is 4.39 Å². The molecule has 1 N–H and O–H groups in total. The Morgan fingerprint density at radius 2 is 2.08 bits per heavy atom. The molecule has 0 spiro atoms. The van der Waals surface area contributed by atoms with Gasteiger partial charge >= 0.3 is 0 Å². The SMILES string of the molecule is Cc1cccnc1C1=CCN(CNC(=O)c2ccc(F)cc2)CC1. The number of rotatable bonds is 4. The maximum absolute atomic E-state index is 12.9. The number of nitrogens with zero attached hydrogens (tertiary/aromatic N) is 2. The van der Waals surface area contributed by atoms with Crippen LogP contribution in [0.15, 0.2) is 48.7 Å². The zero-order valence-electron chi connectivity index (χ0n) is 13.6. The van der Waals surface area contributed by atoms with Crippen molar-refractivity contribution in [3.05, 3.63) is 71.3 Å². The third kappa shape index (κ3) is 3.86. The van der Waals surface area contributed by atoms with Gasteiger partial charge in [-0.25, -0.2) is 4.39 Å². The van der Waals surface area contributed by atoms with Gasteiger partial charge in [-0.1, -0.05) is 12.1 Å². The fraction of sp³-hybridized carbons (Fsp3) is 0.263. The van der Waals surface area contributed by atoms with Crippen LogP contribution in [0.1, 0.15) is 28.0 Å². The Morgan fingerprint density at radius 3 is 2.75 bits per heavy atom. The predicted octanol–water partition coefficient (Wildman–Crippen LogP) is 3.01. The highest BCUT2D eigenvalue weighted by molar-refractivity contribution is 5.94. The molecule has 1 aromatic carbocycles. The number of amides is 1. The molecule has 2 heterocycles. The molecule has 0 radical (unpaired) electrons. The van der Waals surface area contributed by atoms with Gasteiger partial charge in [-0.2, -0.15) is 0 Å². The summed E-state index contributed by atoms with van der Waals surface area (Å²) in [6, 6.07) is 9.57. The maximum Gasteiger partial charge on any atom is 0.252 e. The van der Waals surface area contributed by atoms with Gasteiger partial charge in [0.2, 0.25) is 0 Å². The van der Waals surface area contributed by atoms with Crippen molar-refractivity contribution < 1.29 is 9.18 Å². The highest BCUT2D eigenvalue weighted by atomic mass is 19.1. The Kier molecular flexibility index (Phi) is 5.01. The van der Waals surface area contributed by atoms with Crippen LogP contribution in [0.2, 0.25) is 0 Å². The molecule has 1 amide bonds. The monoisotopic (exact) mass is 325 g/mol. The second-order valence-corrected chi connectivity index (χ2v) is 5.90. The summed E-state index contributed by atoms with van der Waals surface area (Å²) in [5, 5.41) is 2.87. The summed E-state index contributed by atoms with van der Waals surface area (Å²) in [6.45, 7) is 4.18. The lowest BCUT2D eigenvalue weighted by molar-refractivity contribution is 0.0926. The van der Waals surface area contributed by atoms with Gasteiger partial charge in [0.1, 0.15) is 5.82 Å². The van der Waals surface area contributed by atoms with Crippen LogP contribution in [-0.4, -0.2) is 35.5 Å². The summed E-state index contributed by atoms with van der Waals surface area (Å²) in [5.74, 6) is -0.532. The van der Waals surface area contributed by atoms with Crippen molar-refractivity contribution in [3.63, 3.8) is 0 Å². The Hall–Kier alpha value is -2.53. The fourth-order valence-corrected chi connectivity index (χ4v) is 2.78. The number of hydrogen-bond donors (Lipinski definition) is 1. The highest BCUT2D eigenvalue weighted by Gasteiger charge is 2.15. The fourth-order valence-electron chi connectivity index (χ4n) is 2.78. The summed E-state index contributed by atoms with van der Waals surface area (Å²) < 4.78 is 12.9. The van der Waals surface area contributed by atoms with Crippen LogP contribution in [-0.2, 0) is 0 Å². The molecule has 124 valence electrons. The van der Waals surface area contributed by atoms with Gasteiger partial charge in [0.05, 0.1) is 12.4 Å². The van der Waals surface area contributed by atoms with Gasteiger partial charge in [0, 0.05) is 24.8 Å². The molecule has 0 fully saturated rings. The number of nitrogens with one attached hydrogen (secondary N) is 1. The van der Waals surface area contributed by atoms with E-state index in [9.17, 15) is 9.18 Å². The number of hydrogen-bond acceptors (Lipinski definition) is 3. The second kappa shape index (κ2) is 7.36. The average Bonchev–Trinajstić information content (AvgIpc) is 2.61. The molecule has 2 aromatic rings. The molecule has 1 aromatic heterocycles. The quantitative estimate of drug-likeness (QED) is 0.940. The summed E-state index contributed by atoms with van der Waals surface area (Å²) in [5.41, 5.74) is 3.97. The van der Waals surface area contributed by atoms with Crippen LogP contribution in [0.3, 0.4) is 0 Å². The van der Waals surface area contributed by atoms with Crippen LogP contribution in [0, 0.1) is 12.7 Å². The highest BCUT2D eigenvalue weighted by Crippen LogP contribution is 2.22. The number of halogens is 1. The van der Waals surface area contributed by atoms with E-state index in [-0.39, 0.29) is 11.7 Å². The van der Waals surface area contributed by atoms with E-state index >= 15 is 0 Å². The Bertz CT molecular complexity index is 755. The lowest BCUT2D eigenvalue weighted by atomic mass is 10.0. The lowest BCUT2D eigenvalue weighted by Crippen LogP contribution is -2.39. The minimum Gasteiger partial charge on any atom is -0.339 e. The summed E-state index contributed by atoms with van der Waals surface area (Å²) in [6.07, 6.45) is 4.89. The van der Waals surface area contributed by atoms with E-state index in [0.29, 0.717) is 12.2 Å². The van der Waals surface area contributed by atoms with Crippen molar-refractivity contribution in [2.45, 2.75) is 13.3 Å². The first-order valence-electron chi connectivity index (χ1n) is 8.00. The van der Waals surface area contributed by atoms with Crippen LogP contribution in [0.25, 0.3) is 5.57 Å². The van der Waals surface area contributed by atoms with Crippen molar-refractivity contribution in [1.82, 2.24) is 15.2 Å². The first-order chi connectivity index (χ1) is 11.6. The van der Waals surface area contributed by atoms with Crippen molar-refractivity contribution in [3.8, 4) is 0 Å². The molecule has 1 aliphatic rings. The normalized spacial score (nSPS) is 15.0. The van der Waals surface area contributed by atoms with Crippen molar-refractivity contribution in [1.29, 1.82) is 0 Å². The third-order valence-corrected chi connectivity index (χ3v) is 4.18. The lowest BCUT2D eigenvalue weighted by Gasteiger charge is -2.26. The standard InChI is InChI=1S/C19H20FN3O/c1-14-3-2-10-21-18(14)15-8-11-23(12-9-15)13-22-19(24)16-4-6-17(20)7-5-16/h2-8,10H,9,11-13H2,1H3,(H,22,24). The number of carbonyl (C=O) groups is 1. The molecule has 0 bridgehead atoms. The minimum atomic E-state index is -0.343. The Labute approximate surface area is 141 Å². The van der Waals surface area contributed by atoms with Gasteiger partial charge in [0.25, 0.3) is 5.91 Å².